The number of benzene rings is 2. The number of para-hydroxylation sites is 1. The van der Waals surface area contributed by atoms with E-state index in [1.165, 1.54) is 6.08 Å². The average Bonchev–Trinajstić information content (AvgIpc) is 3.26. The highest BCUT2D eigenvalue weighted by Gasteiger charge is 2.12. The number of ether oxygens (including phenoxy) is 2. The van der Waals surface area contributed by atoms with Crippen LogP contribution in [0.15, 0.2) is 67.0 Å². The molecule has 0 bridgehead atoms. The van der Waals surface area contributed by atoms with E-state index in [-0.39, 0.29) is 11.9 Å². The van der Waals surface area contributed by atoms with Crippen molar-refractivity contribution in [2.75, 3.05) is 13.7 Å². The number of rotatable bonds is 9. The van der Waals surface area contributed by atoms with Crippen LogP contribution in [0.2, 0.25) is 0 Å². The van der Waals surface area contributed by atoms with Gasteiger partial charge in [0.2, 0.25) is 5.91 Å². The highest BCUT2D eigenvalue weighted by molar-refractivity contribution is 5.91. The fourth-order valence-electron chi connectivity index (χ4n) is 2.95. The van der Waals surface area contributed by atoms with Gasteiger partial charge in [-0.25, -0.2) is 4.68 Å². The first-order valence-electron chi connectivity index (χ1n) is 10.00. The molecule has 1 aromatic heterocycles. The number of nitrogens with zero attached hydrogens (tertiary/aromatic N) is 2. The molecule has 3 aromatic rings. The molecule has 0 spiro atoms. The lowest BCUT2D eigenvalue weighted by Crippen LogP contribution is -2.24. The Hall–Kier alpha value is -3.54. The molecule has 0 aliphatic carbocycles. The average molecular weight is 405 g/mol. The van der Waals surface area contributed by atoms with Gasteiger partial charge < -0.3 is 14.8 Å². The molecule has 1 N–H and O–H groups in total. The Bertz CT molecular complexity index is 996. The van der Waals surface area contributed by atoms with Gasteiger partial charge in [0.25, 0.3) is 0 Å². The lowest BCUT2D eigenvalue weighted by molar-refractivity contribution is -0.117. The van der Waals surface area contributed by atoms with Gasteiger partial charge in [-0.1, -0.05) is 31.2 Å². The van der Waals surface area contributed by atoms with Crippen molar-refractivity contribution in [1.82, 2.24) is 15.1 Å². The molecule has 30 heavy (non-hydrogen) atoms. The van der Waals surface area contributed by atoms with E-state index in [1.807, 2.05) is 61.7 Å². The van der Waals surface area contributed by atoms with Crippen molar-refractivity contribution in [3.05, 3.63) is 78.1 Å². The second-order valence-electron chi connectivity index (χ2n) is 6.88. The number of aromatic nitrogens is 2. The molecule has 0 saturated carbocycles. The summed E-state index contributed by atoms with van der Waals surface area (Å²) in [5, 5.41) is 7.30. The van der Waals surface area contributed by atoms with Crippen LogP contribution in [0.25, 0.3) is 11.8 Å². The minimum atomic E-state index is -0.180. The standard InChI is InChI=1S/C24H27N3O3/c1-4-14-30-22-12-11-20(15-23(22)29-3)18(2)26-24(28)13-10-19-16-25-27(17-19)21-8-6-5-7-9-21/h5-13,15-18H,4,14H2,1-3H3,(H,26,28)/b13-10+. The maximum atomic E-state index is 12.4. The number of hydrogen-bond acceptors (Lipinski definition) is 4. The predicted octanol–water partition coefficient (Wildman–Crippen LogP) is 4.56. The molecule has 0 aliphatic rings. The molecule has 0 saturated heterocycles. The highest BCUT2D eigenvalue weighted by Crippen LogP contribution is 2.30. The molecule has 3 rings (SSSR count). The smallest absolute Gasteiger partial charge is 0.244 e. The number of carbonyl (C=O) groups is 1. The van der Waals surface area contributed by atoms with E-state index in [9.17, 15) is 4.79 Å². The monoisotopic (exact) mass is 405 g/mol. The molecule has 1 atom stereocenters. The Balaban J connectivity index is 1.61. The van der Waals surface area contributed by atoms with Crippen LogP contribution in [0.3, 0.4) is 0 Å². The highest BCUT2D eigenvalue weighted by atomic mass is 16.5. The second kappa shape index (κ2) is 10.3. The summed E-state index contributed by atoms with van der Waals surface area (Å²) in [6, 6.07) is 15.3. The summed E-state index contributed by atoms with van der Waals surface area (Å²) >= 11 is 0. The van der Waals surface area contributed by atoms with E-state index < -0.39 is 0 Å². The summed E-state index contributed by atoms with van der Waals surface area (Å²) in [7, 11) is 1.61. The second-order valence-corrected chi connectivity index (χ2v) is 6.88. The summed E-state index contributed by atoms with van der Waals surface area (Å²) in [6.07, 6.45) is 7.78. The molecule has 2 aromatic carbocycles. The molecule has 1 heterocycles. The third-order valence-electron chi connectivity index (χ3n) is 4.56. The Labute approximate surface area is 177 Å². The zero-order valence-corrected chi connectivity index (χ0v) is 17.5. The van der Waals surface area contributed by atoms with Crippen LogP contribution in [0, 0.1) is 0 Å². The zero-order chi connectivity index (χ0) is 21.3. The van der Waals surface area contributed by atoms with E-state index in [0.29, 0.717) is 18.1 Å². The van der Waals surface area contributed by atoms with Crippen molar-refractivity contribution in [2.24, 2.45) is 0 Å². The number of hydrogen-bond donors (Lipinski definition) is 1. The Morgan fingerprint density at radius 1 is 1.20 bits per heavy atom. The lowest BCUT2D eigenvalue weighted by atomic mass is 10.1. The van der Waals surface area contributed by atoms with Crippen LogP contribution >= 0.6 is 0 Å². The first kappa shape index (κ1) is 21.2. The molecule has 6 heteroatoms. The van der Waals surface area contributed by atoms with Gasteiger partial charge in [0.1, 0.15) is 0 Å². The Kier molecular flexibility index (Phi) is 7.27. The maximum absolute atomic E-state index is 12.4. The minimum Gasteiger partial charge on any atom is -0.493 e. The SMILES string of the molecule is CCCOc1ccc(C(C)NC(=O)/C=C/c2cnn(-c3ccccc3)c2)cc1OC. The molecule has 156 valence electrons. The van der Waals surface area contributed by atoms with Gasteiger partial charge >= 0.3 is 0 Å². The van der Waals surface area contributed by atoms with Crippen LogP contribution in [-0.4, -0.2) is 29.4 Å². The van der Waals surface area contributed by atoms with E-state index in [4.69, 9.17) is 9.47 Å². The summed E-state index contributed by atoms with van der Waals surface area (Å²) < 4.78 is 12.9. The molecule has 6 nitrogen and oxygen atoms in total. The summed E-state index contributed by atoms with van der Waals surface area (Å²) in [6.45, 7) is 4.62. The van der Waals surface area contributed by atoms with Gasteiger partial charge in [-0.3, -0.25) is 4.79 Å². The van der Waals surface area contributed by atoms with E-state index in [2.05, 4.69) is 17.3 Å². The molecule has 1 amide bonds. The molecular weight excluding hydrogens is 378 g/mol. The topological polar surface area (TPSA) is 65.4 Å². The first-order chi connectivity index (χ1) is 14.6. The van der Waals surface area contributed by atoms with Gasteiger partial charge in [0.05, 0.1) is 31.6 Å². The third-order valence-corrected chi connectivity index (χ3v) is 4.56. The third kappa shape index (κ3) is 5.50. The van der Waals surface area contributed by atoms with Gasteiger partial charge in [0.15, 0.2) is 11.5 Å². The van der Waals surface area contributed by atoms with E-state index in [1.54, 1.807) is 24.1 Å². The summed E-state index contributed by atoms with van der Waals surface area (Å²) in [4.78, 5) is 12.4. The number of amides is 1. The minimum absolute atomic E-state index is 0.177. The van der Waals surface area contributed by atoms with Crippen LogP contribution < -0.4 is 14.8 Å². The van der Waals surface area contributed by atoms with Crippen molar-refractivity contribution in [2.45, 2.75) is 26.3 Å². The molecule has 0 aliphatic heterocycles. The first-order valence-corrected chi connectivity index (χ1v) is 10.00. The normalized spacial score (nSPS) is 12.0. The van der Waals surface area contributed by atoms with Crippen molar-refractivity contribution in [1.29, 1.82) is 0 Å². The maximum Gasteiger partial charge on any atom is 0.244 e. The van der Waals surface area contributed by atoms with Crippen LogP contribution in [0.5, 0.6) is 11.5 Å². The number of methoxy groups -OCH3 is 1. The Morgan fingerprint density at radius 2 is 2.00 bits per heavy atom. The van der Waals surface area contributed by atoms with Gasteiger partial charge in [-0.15, -0.1) is 0 Å². The number of carbonyl (C=O) groups excluding carboxylic acids is 1. The van der Waals surface area contributed by atoms with Crippen LogP contribution in [0.4, 0.5) is 0 Å². The largest absolute Gasteiger partial charge is 0.493 e. The van der Waals surface area contributed by atoms with Crippen molar-refractivity contribution in [3.63, 3.8) is 0 Å². The fourth-order valence-corrected chi connectivity index (χ4v) is 2.95. The number of nitrogens with one attached hydrogen (secondary N) is 1. The van der Waals surface area contributed by atoms with E-state index in [0.717, 1.165) is 23.2 Å². The van der Waals surface area contributed by atoms with Gasteiger partial charge in [0, 0.05) is 17.8 Å². The molecule has 0 radical (unpaired) electrons. The van der Waals surface area contributed by atoms with Crippen molar-refractivity contribution >= 4 is 12.0 Å². The summed E-state index contributed by atoms with van der Waals surface area (Å²) in [5.41, 5.74) is 2.76. The quantitative estimate of drug-likeness (QED) is 0.530. The predicted molar refractivity (Wildman–Crippen MR) is 118 cm³/mol. The molecule has 0 fully saturated rings. The summed E-state index contributed by atoms with van der Waals surface area (Å²) in [5.74, 6) is 1.18. The Morgan fingerprint density at radius 3 is 2.73 bits per heavy atom. The van der Waals surface area contributed by atoms with Gasteiger partial charge in [-0.2, -0.15) is 5.10 Å². The fraction of sp³-hybridized carbons (Fsp3) is 0.250. The van der Waals surface area contributed by atoms with Crippen molar-refractivity contribution in [3.8, 4) is 17.2 Å². The van der Waals surface area contributed by atoms with Crippen LogP contribution in [-0.2, 0) is 4.79 Å². The van der Waals surface area contributed by atoms with Crippen LogP contribution in [0.1, 0.15) is 37.4 Å². The zero-order valence-electron chi connectivity index (χ0n) is 17.5. The van der Waals surface area contributed by atoms with E-state index >= 15 is 0 Å². The lowest BCUT2D eigenvalue weighted by Gasteiger charge is -2.16. The van der Waals surface area contributed by atoms with Crippen molar-refractivity contribution < 1.29 is 14.3 Å². The van der Waals surface area contributed by atoms with Gasteiger partial charge in [-0.05, 0) is 49.2 Å². The molecular formula is C24H27N3O3. The molecule has 1 unspecified atom stereocenters.